The van der Waals surface area contributed by atoms with Gasteiger partial charge in [-0.05, 0) is 24.3 Å². The predicted molar refractivity (Wildman–Crippen MR) is 62.2 cm³/mol. The van der Waals surface area contributed by atoms with E-state index in [0.717, 1.165) is 9.88 Å². The van der Waals surface area contributed by atoms with Crippen molar-refractivity contribution in [3.63, 3.8) is 0 Å². The van der Waals surface area contributed by atoms with Gasteiger partial charge in [-0.15, -0.1) is 11.3 Å². The number of rotatable bonds is 4. The van der Waals surface area contributed by atoms with Crippen LogP contribution in [0.5, 0.6) is 5.75 Å². The summed E-state index contributed by atoms with van der Waals surface area (Å²) in [6.07, 6.45) is 2.05. The molecular formula is C12H9FN2OS. The fourth-order valence-corrected chi connectivity index (χ4v) is 2.02. The molecule has 0 atom stereocenters. The molecule has 0 saturated carbocycles. The normalized spacial score (nSPS) is 9.88. The van der Waals surface area contributed by atoms with E-state index in [4.69, 9.17) is 10.00 Å². The van der Waals surface area contributed by atoms with Gasteiger partial charge < -0.3 is 4.74 Å². The molecule has 0 fully saturated rings. The Hall–Kier alpha value is -1.93. The number of ether oxygens (including phenoxy) is 1. The molecule has 2 aromatic rings. The van der Waals surface area contributed by atoms with Gasteiger partial charge in [0.15, 0.2) is 0 Å². The van der Waals surface area contributed by atoms with Crippen LogP contribution in [0.4, 0.5) is 4.39 Å². The summed E-state index contributed by atoms with van der Waals surface area (Å²) >= 11 is 1.45. The van der Waals surface area contributed by atoms with Gasteiger partial charge in [0.2, 0.25) is 0 Å². The molecule has 0 spiro atoms. The van der Waals surface area contributed by atoms with Crippen molar-refractivity contribution in [2.24, 2.45) is 0 Å². The molecule has 0 amide bonds. The number of hydrogen-bond acceptors (Lipinski definition) is 4. The monoisotopic (exact) mass is 248 g/mol. The fourth-order valence-electron chi connectivity index (χ4n) is 1.25. The molecule has 1 aromatic carbocycles. The third-order valence-electron chi connectivity index (χ3n) is 2.03. The highest BCUT2D eigenvalue weighted by Crippen LogP contribution is 2.17. The van der Waals surface area contributed by atoms with E-state index < -0.39 is 0 Å². The first-order valence-corrected chi connectivity index (χ1v) is 5.78. The maximum Gasteiger partial charge on any atom is 0.140 e. The second-order valence-electron chi connectivity index (χ2n) is 3.30. The van der Waals surface area contributed by atoms with E-state index in [0.29, 0.717) is 18.8 Å². The van der Waals surface area contributed by atoms with Crippen LogP contribution in [0.2, 0.25) is 0 Å². The van der Waals surface area contributed by atoms with Crippen LogP contribution in [0.25, 0.3) is 0 Å². The van der Waals surface area contributed by atoms with Gasteiger partial charge in [0, 0.05) is 11.1 Å². The van der Waals surface area contributed by atoms with Crippen LogP contribution in [0.1, 0.15) is 9.88 Å². The minimum absolute atomic E-state index is 0.289. The topological polar surface area (TPSA) is 45.9 Å². The molecule has 86 valence electrons. The average molecular weight is 248 g/mol. The molecule has 0 aliphatic rings. The maximum absolute atomic E-state index is 12.6. The van der Waals surface area contributed by atoms with E-state index in [1.54, 1.807) is 18.3 Å². The quantitative estimate of drug-likeness (QED) is 0.835. The zero-order valence-corrected chi connectivity index (χ0v) is 9.71. The molecule has 0 unspecified atom stereocenters. The molecule has 0 bridgehead atoms. The summed E-state index contributed by atoms with van der Waals surface area (Å²) in [5, 5.41) is 9.33. The number of nitrogens with zero attached hydrogens (tertiary/aromatic N) is 2. The number of aromatic nitrogens is 1. The van der Waals surface area contributed by atoms with E-state index in [1.165, 1.54) is 23.5 Å². The van der Waals surface area contributed by atoms with E-state index in [9.17, 15) is 4.39 Å². The average Bonchev–Trinajstić information content (AvgIpc) is 2.77. The standard InChI is InChI=1S/C12H9FN2OS/c13-9-1-3-10(4-2-9)16-8-12-15-7-11(17-12)5-6-14/h1-4,7H,5,8H2. The van der Waals surface area contributed by atoms with Crippen LogP contribution >= 0.6 is 11.3 Å². The summed E-state index contributed by atoms with van der Waals surface area (Å²) < 4.78 is 18.1. The summed E-state index contributed by atoms with van der Waals surface area (Å²) in [6, 6.07) is 7.89. The van der Waals surface area contributed by atoms with Crippen LogP contribution in [0.15, 0.2) is 30.5 Å². The number of hydrogen-bond donors (Lipinski definition) is 0. The predicted octanol–water partition coefficient (Wildman–Crippen LogP) is 2.93. The molecule has 1 aromatic heterocycles. The van der Waals surface area contributed by atoms with Crippen molar-refractivity contribution in [2.75, 3.05) is 0 Å². The van der Waals surface area contributed by atoms with Crippen LogP contribution < -0.4 is 4.74 Å². The summed E-state index contributed by atoms with van der Waals surface area (Å²) in [5.41, 5.74) is 0. The van der Waals surface area contributed by atoms with Crippen molar-refractivity contribution >= 4 is 11.3 Å². The molecule has 0 saturated heterocycles. The van der Waals surface area contributed by atoms with E-state index in [2.05, 4.69) is 11.1 Å². The SMILES string of the molecule is N#CCc1cnc(COc2ccc(F)cc2)s1. The first-order valence-electron chi connectivity index (χ1n) is 4.97. The minimum atomic E-state index is -0.289. The van der Waals surface area contributed by atoms with Gasteiger partial charge >= 0.3 is 0 Å². The highest BCUT2D eigenvalue weighted by Gasteiger charge is 2.02. The molecule has 0 aliphatic carbocycles. The number of thiazole rings is 1. The van der Waals surface area contributed by atoms with Crippen LogP contribution in [0.3, 0.4) is 0 Å². The lowest BCUT2D eigenvalue weighted by atomic mass is 10.3. The Morgan fingerprint density at radius 1 is 1.35 bits per heavy atom. The van der Waals surface area contributed by atoms with Gasteiger partial charge in [0.25, 0.3) is 0 Å². The Bertz CT molecular complexity index is 530. The third-order valence-corrected chi connectivity index (χ3v) is 3.00. The molecule has 3 nitrogen and oxygen atoms in total. The Morgan fingerprint density at radius 2 is 2.12 bits per heavy atom. The Kier molecular flexibility index (Phi) is 3.68. The van der Waals surface area contributed by atoms with Crippen molar-refractivity contribution in [3.05, 3.63) is 46.2 Å². The van der Waals surface area contributed by atoms with Gasteiger partial charge in [-0.25, -0.2) is 9.37 Å². The van der Waals surface area contributed by atoms with Gasteiger partial charge in [0.05, 0.1) is 12.5 Å². The van der Waals surface area contributed by atoms with E-state index in [1.807, 2.05) is 0 Å². The zero-order valence-electron chi connectivity index (χ0n) is 8.89. The number of benzene rings is 1. The van der Waals surface area contributed by atoms with Crippen LogP contribution in [0, 0.1) is 17.1 Å². The van der Waals surface area contributed by atoms with E-state index in [-0.39, 0.29) is 5.82 Å². The summed E-state index contributed by atoms with van der Waals surface area (Å²) in [4.78, 5) is 5.06. The molecule has 2 rings (SSSR count). The van der Waals surface area contributed by atoms with Crippen molar-refractivity contribution in [1.82, 2.24) is 4.98 Å². The highest BCUT2D eigenvalue weighted by atomic mass is 32.1. The number of nitriles is 1. The second kappa shape index (κ2) is 5.41. The van der Waals surface area contributed by atoms with Gasteiger partial charge in [-0.1, -0.05) is 0 Å². The molecule has 0 N–H and O–H groups in total. The fraction of sp³-hybridized carbons (Fsp3) is 0.167. The Balaban J connectivity index is 1.93. The molecule has 5 heteroatoms. The molecule has 1 heterocycles. The van der Waals surface area contributed by atoms with E-state index >= 15 is 0 Å². The lowest BCUT2D eigenvalue weighted by molar-refractivity contribution is 0.305. The highest BCUT2D eigenvalue weighted by molar-refractivity contribution is 7.11. The van der Waals surface area contributed by atoms with Crippen molar-refractivity contribution in [2.45, 2.75) is 13.0 Å². The first-order chi connectivity index (χ1) is 8.28. The number of halogens is 1. The minimum Gasteiger partial charge on any atom is -0.486 e. The zero-order chi connectivity index (χ0) is 12.1. The van der Waals surface area contributed by atoms with Gasteiger partial charge in [-0.2, -0.15) is 5.26 Å². The summed E-state index contributed by atoms with van der Waals surface area (Å²) in [7, 11) is 0. The van der Waals surface area contributed by atoms with Crippen molar-refractivity contribution in [1.29, 1.82) is 5.26 Å². The van der Waals surface area contributed by atoms with Gasteiger partial charge in [-0.3, -0.25) is 0 Å². The Morgan fingerprint density at radius 3 is 2.82 bits per heavy atom. The lowest BCUT2D eigenvalue weighted by Gasteiger charge is -2.02. The largest absolute Gasteiger partial charge is 0.486 e. The molecule has 0 aliphatic heterocycles. The second-order valence-corrected chi connectivity index (χ2v) is 4.50. The Labute approximate surface area is 102 Å². The van der Waals surface area contributed by atoms with Gasteiger partial charge in [0.1, 0.15) is 23.2 Å². The third kappa shape index (κ3) is 3.26. The van der Waals surface area contributed by atoms with Crippen LogP contribution in [-0.2, 0) is 13.0 Å². The summed E-state index contributed by atoms with van der Waals surface area (Å²) in [5.74, 6) is 0.311. The van der Waals surface area contributed by atoms with Crippen LogP contribution in [-0.4, -0.2) is 4.98 Å². The molecule has 0 radical (unpaired) electrons. The summed E-state index contributed by atoms with van der Waals surface area (Å²) in [6.45, 7) is 0.335. The lowest BCUT2D eigenvalue weighted by Crippen LogP contribution is -1.94. The van der Waals surface area contributed by atoms with Crippen molar-refractivity contribution in [3.8, 4) is 11.8 Å². The maximum atomic E-state index is 12.6. The molecule has 17 heavy (non-hydrogen) atoms. The smallest absolute Gasteiger partial charge is 0.140 e. The van der Waals surface area contributed by atoms with Crippen molar-refractivity contribution < 1.29 is 9.13 Å². The first kappa shape index (κ1) is 11.6. The molecular weight excluding hydrogens is 239 g/mol.